The molecule has 3 heteroatoms. The fraction of sp³-hybridized carbons (Fsp3) is 0.444. The van der Waals surface area contributed by atoms with E-state index in [4.69, 9.17) is 5.11 Å². The topological polar surface area (TPSA) is 32.3 Å². The molecule has 0 saturated carbocycles. The molecule has 0 aliphatic heterocycles. The molecule has 0 spiro atoms. The molecular formula is C18H25NOS. The third-order valence-corrected chi connectivity index (χ3v) is 4.83. The third kappa shape index (κ3) is 4.40. The van der Waals surface area contributed by atoms with E-state index in [1.54, 1.807) is 0 Å². The minimum atomic E-state index is 0.246. The van der Waals surface area contributed by atoms with E-state index < -0.39 is 0 Å². The molecule has 2 rings (SSSR count). The largest absolute Gasteiger partial charge is 0.396 e. The summed E-state index contributed by atoms with van der Waals surface area (Å²) in [5.74, 6) is 0. The summed E-state index contributed by atoms with van der Waals surface area (Å²) in [5, 5.41) is 12.9. The normalized spacial score (nSPS) is 14.1. The lowest BCUT2D eigenvalue weighted by atomic mass is 9.99. The van der Waals surface area contributed by atoms with Crippen LogP contribution in [-0.4, -0.2) is 11.7 Å². The van der Waals surface area contributed by atoms with Crippen molar-refractivity contribution in [1.82, 2.24) is 5.32 Å². The molecule has 21 heavy (non-hydrogen) atoms. The maximum Gasteiger partial charge on any atom is 0.0431 e. The molecule has 2 atom stereocenters. The van der Waals surface area contributed by atoms with Gasteiger partial charge in [-0.1, -0.05) is 30.3 Å². The van der Waals surface area contributed by atoms with Crippen LogP contribution in [-0.2, 0) is 0 Å². The standard InChI is InChI=1S/C18H25NOS/c1-13-12-17(15(3)21-13)14(2)19-18(10-7-11-20)16-8-5-4-6-9-16/h4-6,8-9,12,14,18-20H,7,10-11H2,1-3H3. The maximum atomic E-state index is 9.13. The number of benzene rings is 1. The Morgan fingerprint density at radius 1 is 1.19 bits per heavy atom. The SMILES string of the molecule is Cc1cc(C(C)NC(CCCO)c2ccccc2)c(C)s1. The Labute approximate surface area is 131 Å². The molecule has 0 radical (unpaired) electrons. The highest BCUT2D eigenvalue weighted by Gasteiger charge is 2.17. The number of aliphatic hydroxyl groups excluding tert-OH is 1. The molecule has 1 aromatic carbocycles. The molecule has 2 N–H and O–H groups in total. The second-order valence-electron chi connectivity index (χ2n) is 5.59. The highest BCUT2D eigenvalue weighted by atomic mass is 32.1. The predicted octanol–water partition coefficient (Wildman–Crippen LogP) is 4.53. The van der Waals surface area contributed by atoms with Crippen LogP contribution in [0.2, 0.25) is 0 Å². The van der Waals surface area contributed by atoms with E-state index in [0.29, 0.717) is 6.04 Å². The number of hydrogen-bond donors (Lipinski definition) is 2. The van der Waals surface area contributed by atoms with Crippen LogP contribution in [0.5, 0.6) is 0 Å². The Morgan fingerprint density at radius 2 is 1.90 bits per heavy atom. The average molecular weight is 303 g/mol. The fourth-order valence-corrected chi connectivity index (χ4v) is 3.82. The van der Waals surface area contributed by atoms with Crippen LogP contribution in [0.4, 0.5) is 0 Å². The van der Waals surface area contributed by atoms with Gasteiger partial charge in [0, 0.05) is 28.4 Å². The molecule has 0 aliphatic carbocycles. The van der Waals surface area contributed by atoms with E-state index in [1.165, 1.54) is 20.9 Å². The van der Waals surface area contributed by atoms with Crippen molar-refractivity contribution in [3.05, 3.63) is 57.3 Å². The Morgan fingerprint density at radius 3 is 2.48 bits per heavy atom. The van der Waals surface area contributed by atoms with Gasteiger partial charge in [-0.05, 0) is 50.8 Å². The highest BCUT2D eigenvalue weighted by molar-refractivity contribution is 7.12. The van der Waals surface area contributed by atoms with Crippen molar-refractivity contribution in [2.45, 2.75) is 45.7 Å². The van der Waals surface area contributed by atoms with Crippen molar-refractivity contribution < 1.29 is 5.11 Å². The van der Waals surface area contributed by atoms with Gasteiger partial charge in [-0.15, -0.1) is 11.3 Å². The molecule has 114 valence electrons. The van der Waals surface area contributed by atoms with Crippen LogP contribution in [0.15, 0.2) is 36.4 Å². The predicted molar refractivity (Wildman–Crippen MR) is 90.8 cm³/mol. The molecule has 0 aliphatic rings. The van der Waals surface area contributed by atoms with Gasteiger partial charge in [-0.25, -0.2) is 0 Å². The molecular weight excluding hydrogens is 278 g/mol. The minimum Gasteiger partial charge on any atom is -0.396 e. The molecule has 0 saturated heterocycles. The van der Waals surface area contributed by atoms with Gasteiger partial charge in [-0.2, -0.15) is 0 Å². The summed E-state index contributed by atoms with van der Waals surface area (Å²) >= 11 is 1.86. The minimum absolute atomic E-state index is 0.246. The second-order valence-corrected chi connectivity index (χ2v) is 7.05. The summed E-state index contributed by atoms with van der Waals surface area (Å²) in [6.45, 7) is 6.82. The summed E-state index contributed by atoms with van der Waals surface area (Å²) in [6.07, 6.45) is 1.77. The van der Waals surface area contributed by atoms with Crippen molar-refractivity contribution in [3.8, 4) is 0 Å². The molecule has 0 amide bonds. The van der Waals surface area contributed by atoms with Crippen molar-refractivity contribution >= 4 is 11.3 Å². The number of nitrogens with one attached hydrogen (secondary N) is 1. The summed E-state index contributed by atoms with van der Waals surface area (Å²) in [7, 11) is 0. The van der Waals surface area contributed by atoms with Crippen molar-refractivity contribution in [3.63, 3.8) is 0 Å². The van der Waals surface area contributed by atoms with Crippen molar-refractivity contribution in [2.75, 3.05) is 6.61 Å². The average Bonchev–Trinajstić information content (AvgIpc) is 2.83. The number of rotatable bonds is 7. The van der Waals surface area contributed by atoms with Crippen molar-refractivity contribution in [2.24, 2.45) is 0 Å². The van der Waals surface area contributed by atoms with Gasteiger partial charge in [0.25, 0.3) is 0 Å². The first-order valence-corrected chi connectivity index (χ1v) is 8.42. The third-order valence-electron chi connectivity index (χ3n) is 3.85. The maximum absolute atomic E-state index is 9.13. The first-order valence-electron chi connectivity index (χ1n) is 7.60. The van der Waals surface area contributed by atoms with Gasteiger partial charge in [0.05, 0.1) is 0 Å². The van der Waals surface area contributed by atoms with E-state index in [0.717, 1.165) is 12.8 Å². The number of hydrogen-bond acceptors (Lipinski definition) is 3. The van der Waals surface area contributed by atoms with Crippen LogP contribution in [0.3, 0.4) is 0 Å². The van der Waals surface area contributed by atoms with E-state index in [-0.39, 0.29) is 12.6 Å². The highest BCUT2D eigenvalue weighted by Crippen LogP contribution is 2.29. The lowest BCUT2D eigenvalue weighted by Gasteiger charge is -2.24. The Kier molecular flexibility index (Phi) is 5.97. The van der Waals surface area contributed by atoms with Crippen LogP contribution < -0.4 is 5.32 Å². The van der Waals surface area contributed by atoms with Gasteiger partial charge in [0.2, 0.25) is 0 Å². The smallest absolute Gasteiger partial charge is 0.0431 e. The molecule has 0 bridgehead atoms. The molecule has 0 fully saturated rings. The van der Waals surface area contributed by atoms with Crippen LogP contribution >= 0.6 is 11.3 Å². The summed E-state index contributed by atoms with van der Waals surface area (Å²) in [6, 6.07) is 13.4. The monoisotopic (exact) mass is 303 g/mol. The molecule has 1 aromatic heterocycles. The molecule has 2 aromatic rings. The zero-order valence-corrected chi connectivity index (χ0v) is 13.9. The van der Waals surface area contributed by atoms with Gasteiger partial charge in [0.15, 0.2) is 0 Å². The van der Waals surface area contributed by atoms with Gasteiger partial charge < -0.3 is 10.4 Å². The number of aryl methyl sites for hydroxylation is 2. The summed E-state index contributed by atoms with van der Waals surface area (Å²) in [5.41, 5.74) is 2.69. The van der Waals surface area contributed by atoms with Gasteiger partial charge >= 0.3 is 0 Å². The lowest BCUT2D eigenvalue weighted by molar-refractivity contribution is 0.272. The zero-order chi connectivity index (χ0) is 15.2. The Bertz CT molecular complexity index is 550. The van der Waals surface area contributed by atoms with Gasteiger partial charge in [-0.3, -0.25) is 0 Å². The van der Waals surface area contributed by atoms with Crippen LogP contribution in [0, 0.1) is 13.8 Å². The van der Waals surface area contributed by atoms with E-state index in [1.807, 2.05) is 17.4 Å². The molecule has 2 unspecified atom stereocenters. The summed E-state index contributed by atoms with van der Waals surface area (Å²) < 4.78 is 0. The first-order chi connectivity index (χ1) is 10.1. The van der Waals surface area contributed by atoms with E-state index >= 15 is 0 Å². The van der Waals surface area contributed by atoms with Gasteiger partial charge in [0.1, 0.15) is 0 Å². The summed E-state index contributed by atoms with van der Waals surface area (Å²) in [4.78, 5) is 2.75. The van der Waals surface area contributed by atoms with E-state index in [9.17, 15) is 0 Å². The number of thiophene rings is 1. The fourth-order valence-electron chi connectivity index (χ4n) is 2.80. The first kappa shape index (κ1) is 16.2. The van der Waals surface area contributed by atoms with Crippen LogP contribution in [0.1, 0.15) is 52.7 Å². The Balaban J connectivity index is 2.13. The Hall–Kier alpha value is -1.16. The zero-order valence-electron chi connectivity index (χ0n) is 13.1. The number of aliphatic hydroxyl groups is 1. The molecule has 2 nitrogen and oxygen atoms in total. The van der Waals surface area contributed by atoms with E-state index in [2.05, 4.69) is 56.4 Å². The quantitative estimate of drug-likeness (QED) is 0.787. The second kappa shape index (κ2) is 7.74. The van der Waals surface area contributed by atoms with Crippen molar-refractivity contribution in [1.29, 1.82) is 0 Å². The molecule has 1 heterocycles. The lowest BCUT2D eigenvalue weighted by Crippen LogP contribution is -2.25. The van der Waals surface area contributed by atoms with Crippen LogP contribution in [0.25, 0.3) is 0 Å².